The van der Waals surface area contributed by atoms with Crippen molar-refractivity contribution in [3.8, 4) is 11.1 Å². The minimum Gasteiger partial charge on any atom is -0.392 e. The van der Waals surface area contributed by atoms with Crippen LogP contribution in [-0.4, -0.2) is 7.05 Å². The summed E-state index contributed by atoms with van der Waals surface area (Å²) in [5, 5.41) is 6.99. The van der Waals surface area contributed by atoms with Gasteiger partial charge in [0.2, 0.25) is 0 Å². The SMILES string of the molecule is CN/C=C(\Nc1ccc(CC(C)(C)C)cc1-c1ccccc1C)c1c(C)cccc1C. The Labute approximate surface area is 188 Å². The number of nitrogens with one attached hydrogen (secondary N) is 2. The number of aryl methyl sites for hydroxylation is 3. The highest BCUT2D eigenvalue weighted by molar-refractivity contribution is 5.88. The predicted octanol–water partition coefficient (Wildman–Crippen LogP) is 7.50. The lowest BCUT2D eigenvalue weighted by Gasteiger charge is -2.22. The summed E-state index contributed by atoms with van der Waals surface area (Å²) in [6, 6.07) is 21.9. The average molecular weight is 413 g/mol. The molecule has 0 spiro atoms. The molecular formula is C29H36N2. The number of rotatable bonds is 6. The molecule has 0 heterocycles. The molecule has 0 unspecified atom stereocenters. The zero-order chi connectivity index (χ0) is 22.6. The van der Waals surface area contributed by atoms with Crippen LogP contribution in [0.25, 0.3) is 16.8 Å². The average Bonchev–Trinajstić information content (AvgIpc) is 2.68. The van der Waals surface area contributed by atoms with E-state index >= 15 is 0 Å². The molecule has 3 rings (SSSR count). The van der Waals surface area contributed by atoms with Gasteiger partial charge in [-0.15, -0.1) is 0 Å². The van der Waals surface area contributed by atoms with Gasteiger partial charge in [-0.1, -0.05) is 69.3 Å². The van der Waals surface area contributed by atoms with Gasteiger partial charge in [-0.05, 0) is 72.6 Å². The Morgan fingerprint density at radius 2 is 1.45 bits per heavy atom. The van der Waals surface area contributed by atoms with Gasteiger partial charge in [0, 0.05) is 30.1 Å². The van der Waals surface area contributed by atoms with Crippen molar-refractivity contribution in [1.82, 2.24) is 5.32 Å². The van der Waals surface area contributed by atoms with Gasteiger partial charge in [-0.2, -0.15) is 0 Å². The van der Waals surface area contributed by atoms with Crippen molar-refractivity contribution in [2.24, 2.45) is 5.41 Å². The Hall–Kier alpha value is -3.00. The van der Waals surface area contributed by atoms with E-state index in [1.807, 2.05) is 7.05 Å². The van der Waals surface area contributed by atoms with E-state index in [1.54, 1.807) is 0 Å². The fourth-order valence-electron chi connectivity index (χ4n) is 4.22. The third kappa shape index (κ3) is 5.58. The molecule has 2 heteroatoms. The van der Waals surface area contributed by atoms with Crippen LogP contribution in [-0.2, 0) is 6.42 Å². The lowest BCUT2D eigenvalue weighted by atomic mass is 9.86. The molecular weight excluding hydrogens is 376 g/mol. The van der Waals surface area contributed by atoms with Crippen LogP contribution < -0.4 is 10.6 Å². The van der Waals surface area contributed by atoms with Crippen LogP contribution >= 0.6 is 0 Å². The maximum absolute atomic E-state index is 3.76. The predicted molar refractivity (Wildman–Crippen MR) is 136 cm³/mol. The summed E-state index contributed by atoms with van der Waals surface area (Å²) >= 11 is 0. The van der Waals surface area contributed by atoms with Crippen molar-refractivity contribution in [3.05, 3.63) is 94.7 Å². The Kier molecular flexibility index (Phi) is 6.90. The van der Waals surface area contributed by atoms with E-state index in [9.17, 15) is 0 Å². The molecule has 0 fully saturated rings. The van der Waals surface area contributed by atoms with E-state index in [-0.39, 0.29) is 5.41 Å². The van der Waals surface area contributed by atoms with Crippen LogP contribution in [0.4, 0.5) is 5.69 Å². The van der Waals surface area contributed by atoms with Crippen LogP contribution in [0.3, 0.4) is 0 Å². The fraction of sp³-hybridized carbons (Fsp3) is 0.310. The molecule has 2 N–H and O–H groups in total. The van der Waals surface area contributed by atoms with Crippen molar-refractivity contribution in [3.63, 3.8) is 0 Å². The molecule has 162 valence electrons. The zero-order valence-electron chi connectivity index (χ0n) is 20.1. The van der Waals surface area contributed by atoms with E-state index in [0.717, 1.165) is 17.8 Å². The fourth-order valence-corrected chi connectivity index (χ4v) is 4.22. The second kappa shape index (κ2) is 9.43. The van der Waals surface area contributed by atoms with Crippen LogP contribution in [0.1, 0.15) is 48.6 Å². The van der Waals surface area contributed by atoms with Gasteiger partial charge in [0.05, 0.1) is 5.70 Å². The van der Waals surface area contributed by atoms with E-state index in [0.29, 0.717) is 0 Å². The summed E-state index contributed by atoms with van der Waals surface area (Å²) in [6.07, 6.45) is 3.10. The largest absolute Gasteiger partial charge is 0.392 e. The van der Waals surface area contributed by atoms with Gasteiger partial charge >= 0.3 is 0 Å². The van der Waals surface area contributed by atoms with Crippen molar-refractivity contribution in [2.75, 3.05) is 12.4 Å². The molecule has 0 saturated carbocycles. The molecule has 0 aliphatic rings. The second-order valence-corrected chi connectivity index (χ2v) is 9.67. The van der Waals surface area contributed by atoms with E-state index in [2.05, 4.69) is 119 Å². The zero-order valence-corrected chi connectivity index (χ0v) is 20.1. The second-order valence-electron chi connectivity index (χ2n) is 9.67. The number of benzene rings is 3. The van der Waals surface area contributed by atoms with Gasteiger partial charge in [0.15, 0.2) is 0 Å². The Morgan fingerprint density at radius 3 is 2.06 bits per heavy atom. The summed E-state index contributed by atoms with van der Waals surface area (Å²) in [6.45, 7) is 13.4. The third-order valence-electron chi connectivity index (χ3n) is 5.56. The van der Waals surface area contributed by atoms with Gasteiger partial charge in [0.25, 0.3) is 0 Å². The molecule has 0 atom stereocenters. The molecule has 3 aromatic rings. The first-order chi connectivity index (χ1) is 14.7. The van der Waals surface area contributed by atoms with Crippen LogP contribution in [0.15, 0.2) is 66.9 Å². The van der Waals surface area contributed by atoms with Crippen LogP contribution in [0, 0.1) is 26.2 Å². The maximum Gasteiger partial charge on any atom is 0.0622 e. The topological polar surface area (TPSA) is 24.1 Å². The lowest BCUT2D eigenvalue weighted by molar-refractivity contribution is 0.411. The van der Waals surface area contributed by atoms with E-state index in [1.165, 1.54) is 38.9 Å². The summed E-state index contributed by atoms with van der Waals surface area (Å²) in [7, 11) is 1.95. The summed E-state index contributed by atoms with van der Waals surface area (Å²) < 4.78 is 0. The highest BCUT2D eigenvalue weighted by Crippen LogP contribution is 2.35. The summed E-state index contributed by atoms with van der Waals surface area (Å²) in [5.41, 5.74) is 11.4. The summed E-state index contributed by atoms with van der Waals surface area (Å²) in [5.74, 6) is 0. The van der Waals surface area contributed by atoms with Gasteiger partial charge in [-0.3, -0.25) is 0 Å². The lowest BCUT2D eigenvalue weighted by Crippen LogP contribution is -2.10. The smallest absolute Gasteiger partial charge is 0.0622 e. The number of hydrogen-bond acceptors (Lipinski definition) is 2. The van der Waals surface area contributed by atoms with Gasteiger partial charge < -0.3 is 10.6 Å². The van der Waals surface area contributed by atoms with Crippen molar-refractivity contribution < 1.29 is 0 Å². The first kappa shape index (κ1) is 22.7. The Morgan fingerprint density at radius 1 is 0.806 bits per heavy atom. The first-order valence-corrected chi connectivity index (χ1v) is 11.1. The molecule has 0 bridgehead atoms. The molecule has 0 aliphatic heterocycles. The monoisotopic (exact) mass is 412 g/mol. The molecule has 2 nitrogen and oxygen atoms in total. The molecule has 3 aromatic carbocycles. The van der Waals surface area contributed by atoms with Crippen molar-refractivity contribution in [1.29, 1.82) is 0 Å². The minimum atomic E-state index is 0.243. The Bertz CT molecular complexity index is 1060. The van der Waals surface area contributed by atoms with Crippen molar-refractivity contribution in [2.45, 2.75) is 48.0 Å². The standard InChI is InChI=1S/C29H36N2/c1-20-11-8-9-14-24(20)25-17-23(18-29(4,5)6)15-16-26(25)31-27(19-30-7)28-21(2)12-10-13-22(28)3/h8-17,19,30-31H,18H2,1-7H3/b27-19-. The van der Waals surface area contributed by atoms with Crippen LogP contribution in [0.2, 0.25) is 0 Å². The normalized spacial score (nSPS) is 12.0. The number of hydrogen-bond donors (Lipinski definition) is 2. The summed E-state index contributed by atoms with van der Waals surface area (Å²) in [4.78, 5) is 0. The molecule has 0 aromatic heterocycles. The molecule has 0 aliphatic carbocycles. The van der Waals surface area contributed by atoms with E-state index in [4.69, 9.17) is 0 Å². The van der Waals surface area contributed by atoms with E-state index < -0.39 is 0 Å². The highest BCUT2D eigenvalue weighted by atomic mass is 14.9. The van der Waals surface area contributed by atoms with Crippen LogP contribution in [0.5, 0.6) is 0 Å². The van der Waals surface area contributed by atoms with Crippen molar-refractivity contribution >= 4 is 11.4 Å². The molecule has 0 saturated heterocycles. The molecule has 31 heavy (non-hydrogen) atoms. The molecule has 0 amide bonds. The molecule has 0 radical (unpaired) electrons. The highest BCUT2D eigenvalue weighted by Gasteiger charge is 2.16. The quantitative estimate of drug-likeness (QED) is 0.438. The van der Waals surface area contributed by atoms with Gasteiger partial charge in [-0.25, -0.2) is 0 Å². The first-order valence-electron chi connectivity index (χ1n) is 11.1. The maximum atomic E-state index is 3.76. The Balaban J connectivity index is 2.13. The minimum absolute atomic E-state index is 0.243. The number of anilines is 1. The third-order valence-corrected chi connectivity index (χ3v) is 5.56. The van der Waals surface area contributed by atoms with Gasteiger partial charge in [0.1, 0.15) is 0 Å².